The third-order valence-corrected chi connectivity index (χ3v) is 3.98. The molecule has 1 aromatic carbocycles. The molecule has 1 aliphatic rings. The first-order chi connectivity index (χ1) is 9.11. The van der Waals surface area contributed by atoms with Gasteiger partial charge in [0, 0.05) is 24.7 Å². The van der Waals surface area contributed by atoms with Crippen molar-refractivity contribution >= 4 is 0 Å². The highest BCUT2D eigenvalue weighted by Gasteiger charge is 2.23. The van der Waals surface area contributed by atoms with Crippen molar-refractivity contribution in [3.05, 3.63) is 23.8 Å². The van der Waals surface area contributed by atoms with E-state index in [2.05, 4.69) is 11.8 Å². The van der Waals surface area contributed by atoms with Crippen LogP contribution in [0.1, 0.15) is 25.3 Å². The number of ether oxygens (including phenoxy) is 1. The first-order valence-corrected chi connectivity index (χ1v) is 6.94. The van der Waals surface area contributed by atoms with Crippen LogP contribution in [-0.2, 0) is 6.54 Å². The molecule has 4 heteroatoms. The molecule has 0 bridgehead atoms. The molecule has 0 aliphatic carbocycles. The Morgan fingerprint density at radius 3 is 3.00 bits per heavy atom. The molecule has 4 nitrogen and oxygen atoms in total. The summed E-state index contributed by atoms with van der Waals surface area (Å²) in [4.78, 5) is 2.37. The quantitative estimate of drug-likeness (QED) is 0.873. The van der Waals surface area contributed by atoms with Gasteiger partial charge in [-0.15, -0.1) is 0 Å². The number of nitrogens with zero attached hydrogens (tertiary/aromatic N) is 1. The van der Waals surface area contributed by atoms with Crippen molar-refractivity contribution < 1.29 is 9.84 Å². The highest BCUT2D eigenvalue weighted by Crippen LogP contribution is 2.31. The van der Waals surface area contributed by atoms with Gasteiger partial charge in [-0.05, 0) is 38.3 Å². The van der Waals surface area contributed by atoms with Crippen LogP contribution >= 0.6 is 0 Å². The lowest BCUT2D eigenvalue weighted by Crippen LogP contribution is -2.41. The number of benzene rings is 1. The molecule has 1 fully saturated rings. The summed E-state index contributed by atoms with van der Waals surface area (Å²) >= 11 is 0. The molecule has 19 heavy (non-hydrogen) atoms. The predicted molar refractivity (Wildman–Crippen MR) is 76.3 cm³/mol. The molecule has 1 aromatic rings. The topological polar surface area (TPSA) is 58.7 Å². The van der Waals surface area contributed by atoms with Crippen LogP contribution in [0, 0.1) is 5.92 Å². The predicted octanol–water partition coefficient (Wildman–Crippen LogP) is 1.96. The largest absolute Gasteiger partial charge is 0.504 e. The van der Waals surface area contributed by atoms with Crippen molar-refractivity contribution in [2.24, 2.45) is 11.7 Å². The number of aromatic hydroxyl groups is 1. The number of phenols is 1. The molecular weight excluding hydrogens is 240 g/mol. The zero-order valence-electron chi connectivity index (χ0n) is 11.8. The molecule has 0 saturated carbocycles. The fraction of sp³-hybridized carbons (Fsp3) is 0.600. The van der Waals surface area contributed by atoms with Crippen LogP contribution in [0.3, 0.4) is 0 Å². The lowest BCUT2D eigenvalue weighted by Gasteiger charge is -2.34. The standard InChI is InChI=1S/C15H24N2O2/c1-11(16)12-6-4-8-17(9-12)10-13-5-3-7-14(19-2)15(13)18/h3,5,7,11-12,18H,4,6,8-10,16H2,1-2H3. The summed E-state index contributed by atoms with van der Waals surface area (Å²) in [6.07, 6.45) is 2.38. The summed E-state index contributed by atoms with van der Waals surface area (Å²) in [5.74, 6) is 1.35. The number of nitrogens with two attached hydrogens (primary N) is 1. The van der Waals surface area contributed by atoms with Crippen LogP contribution in [0.4, 0.5) is 0 Å². The molecular formula is C15H24N2O2. The Hall–Kier alpha value is -1.26. The first-order valence-electron chi connectivity index (χ1n) is 6.94. The van der Waals surface area contributed by atoms with E-state index in [-0.39, 0.29) is 11.8 Å². The number of para-hydroxylation sites is 1. The van der Waals surface area contributed by atoms with E-state index in [4.69, 9.17) is 10.5 Å². The van der Waals surface area contributed by atoms with E-state index in [9.17, 15) is 5.11 Å². The summed E-state index contributed by atoms with van der Waals surface area (Å²) in [6.45, 7) is 4.91. The van der Waals surface area contributed by atoms with Gasteiger partial charge in [0.15, 0.2) is 11.5 Å². The maximum atomic E-state index is 10.1. The van der Waals surface area contributed by atoms with Gasteiger partial charge >= 0.3 is 0 Å². The molecule has 1 aliphatic heterocycles. The van der Waals surface area contributed by atoms with Gasteiger partial charge < -0.3 is 15.6 Å². The number of rotatable bonds is 4. The van der Waals surface area contributed by atoms with Gasteiger partial charge in [-0.2, -0.15) is 0 Å². The minimum atomic E-state index is 0.238. The van der Waals surface area contributed by atoms with Gasteiger partial charge in [0.2, 0.25) is 0 Å². The summed E-state index contributed by atoms with van der Waals surface area (Å²) in [5, 5.41) is 10.1. The fourth-order valence-corrected chi connectivity index (χ4v) is 2.77. The molecule has 2 rings (SSSR count). The van der Waals surface area contributed by atoms with Crippen LogP contribution in [-0.4, -0.2) is 36.2 Å². The van der Waals surface area contributed by atoms with Gasteiger partial charge in [0.1, 0.15) is 0 Å². The average Bonchev–Trinajstić information content (AvgIpc) is 2.41. The Kier molecular flexibility index (Phi) is 4.66. The van der Waals surface area contributed by atoms with Crippen molar-refractivity contribution in [2.45, 2.75) is 32.4 Å². The molecule has 0 spiro atoms. The van der Waals surface area contributed by atoms with Gasteiger partial charge in [-0.3, -0.25) is 4.90 Å². The van der Waals surface area contributed by atoms with Gasteiger partial charge in [-0.25, -0.2) is 0 Å². The Morgan fingerprint density at radius 2 is 2.32 bits per heavy atom. The number of hydrogen-bond donors (Lipinski definition) is 2. The maximum Gasteiger partial charge on any atom is 0.162 e. The highest BCUT2D eigenvalue weighted by molar-refractivity contribution is 5.45. The second kappa shape index (κ2) is 6.26. The average molecular weight is 264 g/mol. The monoisotopic (exact) mass is 264 g/mol. The molecule has 3 N–H and O–H groups in total. The Bertz CT molecular complexity index is 421. The van der Waals surface area contributed by atoms with Crippen LogP contribution in [0.15, 0.2) is 18.2 Å². The first kappa shape index (κ1) is 14.2. The van der Waals surface area contributed by atoms with E-state index in [1.165, 1.54) is 12.8 Å². The molecule has 0 aromatic heterocycles. The van der Waals surface area contributed by atoms with Gasteiger partial charge in [0.25, 0.3) is 0 Å². The number of methoxy groups -OCH3 is 1. The van der Waals surface area contributed by atoms with Crippen molar-refractivity contribution in [2.75, 3.05) is 20.2 Å². The summed E-state index contributed by atoms with van der Waals surface area (Å²) in [7, 11) is 1.58. The molecule has 1 heterocycles. The second-order valence-corrected chi connectivity index (χ2v) is 5.46. The Morgan fingerprint density at radius 1 is 1.53 bits per heavy atom. The maximum absolute atomic E-state index is 10.1. The van der Waals surface area contributed by atoms with Crippen LogP contribution in [0.2, 0.25) is 0 Å². The number of piperidine rings is 1. The summed E-state index contributed by atoms with van der Waals surface area (Å²) in [5.41, 5.74) is 6.92. The van der Waals surface area contributed by atoms with Crippen LogP contribution < -0.4 is 10.5 Å². The van der Waals surface area contributed by atoms with E-state index in [0.717, 1.165) is 25.2 Å². The van der Waals surface area contributed by atoms with Crippen LogP contribution in [0.25, 0.3) is 0 Å². The van der Waals surface area contributed by atoms with Crippen molar-refractivity contribution in [1.29, 1.82) is 0 Å². The van der Waals surface area contributed by atoms with E-state index < -0.39 is 0 Å². The Balaban J connectivity index is 2.04. The molecule has 2 unspecified atom stereocenters. The molecule has 0 radical (unpaired) electrons. The smallest absolute Gasteiger partial charge is 0.162 e. The van der Waals surface area contributed by atoms with Gasteiger partial charge in [0.05, 0.1) is 7.11 Å². The van der Waals surface area contributed by atoms with Gasteiger partial charge in [-0.1, -0.05) is 12.1 Å². The third kappa shape index (κ3) is 3.39. The zero-order chi connectivity index (χ0) is 13.8. The van der Waals surface area contributed by atoms with Crippen molar-refractivity contribution in [3.63, 3.8) is 0 Å². The van der Waals surface area contributed by atoms with Crippen molar-refractivity contribution in [3.8, 4) is 11.5 Å². The molecule has 106 valence electrons. The minimum absolute atomic E-state index is 0.238. The SMILES string of the molecule is COc1cccc(CN2CCCC(C(C)N)C2)c1O. The summed E-state index contributed by atoms with van der Waals surface area (Å²) in [6, 6.07) is 5.88. The summed E-state index contributed by atoms with van der Waals surface area (Å²) < 4.78 is 5.15. The third-order valence-electron chi connectivity index (χ3n) is 3.98. The number of phenolic OH excluding ortho intramolecular Hbond substituents is 1. The molecule has 2 atom stereocenters. The zero-order valence-corrected chi connectivity index (χ0v) is 11.8. The normalized spacial score (nSPS) is 22.2. The van der Waals surface area contributed by atoms with E-state index in [0.29, 0.717) is 11.7 Å². The van der Waals surface area contributed by atoms with E-state index in [1.807, 2.05) is 12.1 Å². The van der Waals surface area contributed by atoms with E-state index >= 15 is 0 Å². The van der Waals surface area contributed by atoms with Crippen molar-refractivity contribution in [1.82, 2.24) is 4.90 Å². The fourth-order valence-electron chi connectivity index (χ4n) is 2.77. The molecule has 1 saturated heterocycles. The molecule has 0 amide bonds. The number of likely N-dealkylation sites (tertiary alicyclic amines) is 1. The lowest BCUT2D eigenvalue weighted by atomic mass is 9.92. The Labute approximate surface area is 115 Å². The highest BCUT2D eigenvalue weighted by atomic mass is 16.5. The minimum Gasteiger partial charge on any atom is -0.504 e. The second-order valence-electron chi connectivity index (χ2n) is 5.46. The van der Waals surface area contributed by atoms with Crippen LogP contribution in [0.5, 0.6) is 11.5 Å². The number of hydrogen-bond acceptors (Lipinski definition) is 4. The lowest BCUT2D eigenvalue weighted by molar-refractivity contribution is 0.153. The van der Waals surface area contributed by atoms with E-state index in [1.54, 1.807) is 13.2 Å².